The summed E-state index contributed by atoms with van der Waals surface area (Å²) in [5.74, 6) is 0. The van der Waals surface area contributed by atoms with Gasteiger partial charge in [0.25, 0.3) is 0 Å². The zero-order valence-corrected chi connectivity index (χ0v) is 11.3. The first-order valence-corrected chi connectivity index (χ1v) is 6.93. The van der Waals surface area contributed by atoms with Gasteiger partial charge in [-0.05, 0) is 26.3 Å². The van der Waals surface area contributed by atoms with E-state index < -0.39 is 0 Å². The van der Waals surface area contributed by atoms with Crippen molar-refractivity contribution in [3.05, 3.63) is 0 Å². The minimum absolute atomic E-state index is 0.382. The fourth-order valence-electron chi connectivity index (χ4n) is 1.80. The van der Waals surface area contributed by atoms with Crippen molar-refractivity contribution in [2.24, 2.45) is 0 Å². The van der Waals surface area contributed by atoms with Gasteiger partial charge in [0.05, 0.1) is 24.5 Å². The molecule has 1 rings (SSSR count). The third-order valence-electron chi connectivity index (χ3n) is 2.74. The molecule has 0 aromatic rings. The summed E-state index contributed by atoms with van der Waals surface area (Å²) in [4.78, 5) is 0. The molecule has 2 unspecified atom stereocenters. The molecular formula is C12H22N2OS. The van der Waals surface area contributed by atoms with Crippen LogP contribution in [0.3, 0.4) is 0 Å². The monoisotopic (exact) mass is 242 g/mol. The van der Waals surface area contributed by atoms with Gasteiger partial charge < -0.3 is 4.74 Å². The second kappa shape index (κ2) is 6.48. The number of ether oxygens (including phenoxy) is 1. The molecule has 0 radical (unpaired) electrons. The van der Waals surface area contributed by atoms with Gasteiger partial charge >= 0.3 is 0 Å². The molecule has 0 spiro atoms. The third-order valence-corrected chi connectivity index (χ3v) is 4.03. The van der Waals surface area contributed by atoms with E-state index in [0.717, 1.165) is 32.6 Å². The standard InChI is InChI=1S/C12H22N2OS/c1-4-5-14-12(3,9-13)6-10(2)16-11-7-15-8-11/h10-11,14H,4-8H2,1-3H3. The number of hydrogen-bond acceptors (Lipinski definition) is 4. The molecule has 0 amide bonds. The SMILES string of the molecule is CCCNC(C)(C#N)CC(C)SC1COC1. The van der Waals surface area contributed by atoms with Gasteiger partial charge in [-0.2, -0.15) is 17.0 Å². The summed E-state index contributed by atoms with van der Waals surface area (Å²) >= 11 is 1.95. The van der Waals surface area contributed by atoms with Crippen LogP contribution in [0, 0.1) is 11.3 Å². The molecule has 4 heteroatoms. The molecule has 1 aliphatic rings. The van der Waals surface area contributed by atoms with Crippen molar-refractivity contribution in [2.75, 3.05) is 19.8 Å². The van der Waals surface area contributed by atoms with Gasteiger partial charge in [0.1, 0.15) is 5.54 Å². The van der Waals surface area contributed by atoms with Crippen molar-refractivity contribution in [2.45, 2.75) is 49.7 Å². The summed E-state index contributed by atoms with van der Waals surface area (Å²) < 4.78 is 5.16. The zero-order valence-electron chi connectivity index (χ0n) is 10.5. The van der Waals surface area contributed by atoms with E-state index in [1.807, 2.05) is 18.7 Å². The van der Waals surface area contributed by atoms with Crippen molar-refractivity contribution in [3.63, 3.8) is 0 Å². The van der Waals surface area contributed by atoms with E-state index in [0.29, 0.717) is 10.5 Å². The first kappa shape index (κ1) is 13.8. The second-order valence-corrected chi connectivity index (χ2v) is 6.42. The number of nitrogens with one attached hydrogen (secondary N) is 1. The Balaban J connectivity index is 2.32. The maximum atomic E-state index is 9.22. The van der Waals surface area contributed by atoms with Crippen LogP contribution in [0.2, 0.25) is 0 Å². The van der Waals surface area contributed by atoms with Crippen LogP contribution in [0.1, 0.15) is 33.6 Å². The van der Waals surface area contributed by atoms with Crippen LogP contribution in [-0.2, 0) is 4.74 Å². The van der Waals surface area contributed by atoms with Gasteiger partial charge in [0.2, 0.25) is 0 Å². The summed E-state index contributed by atoms with van der Waals surface area (Å²) in [6.07, 6.45) is 1.96. The molecule has 0 saturated carbocycles. The molecule has 1 fully saturated rings. The van der Waals surface area contributed by atoms with E-state index in [1.165, 1.54) is 0 Å². The minimum Gasteiger partial charge on any atom is -0.379 e. The van der Waals surface area contributed by atoms with Gasteiger partial charge in [-0.3, -0.25) is 5.32 Å². The molecule has 0 aromatic heterocycles. The van der Waals surface area contributed by atoms with Crippen LogP contribution >= 0.6 is 11.8 Å². The summed E-state index contributed by atoms with van der Waals surface area (Å²) in [5.41, 5.74) is -0.382. The zero-order chi connectivity index (χ0) is 12.0. The highest BCUT2D eigenvalue weighted by molar-refractivity contribution is 8.00. The Morgan fingerprint density at radius 2 is 2.31 bits per heavy atom. The topological polar surface area (TPSA) is 45.0 Å². The third kappa shape index (κ3) is 4.32. The summed E-state index contributed by atoms with van der Waals surface area (Å²) in [5, 5.41) is 13.7. The molecular weight excluding hydrogens is 220 g/mol. The molecule has 16 heavy (non-hydrogen) atoms. The Hall–Kier alpha value is -0.240. The lowest BCUT2D eigenvalue weighted by molar-refractivity contribution is 0.0452. The summed E-state index contributed by atoms with van der Waals surface area (Å²) in [6.45, 7) is 8.98. The van der Waals surface area contributed by atoms with Gasteiger partial charge in [-0.15, -0.1) is 0 Å². The van der Waals surface area contributed by atoms with Gasteiger partial charge in [-0.25, -0.2) is 0 Å². The fourth-order valence-corrected chi connectivity index (χ4v) is 3.24. The van der Waals surface area contributed by atoms with E-state index in [1.54, 1.807) is 0 Å². The molecule has 3 nitrogen and oxygen atoms in total. The Bertz CT molecular complexity index is 250. The van der Waals surface area contributed by atoms with Crippen LogP contribution in [-0.4, -0.2) is 35.8 Å². The second-order valence-electron chi connectivity index (χ2n) is 4.68. The first-order valence-electron chi connectivity index (χ1n) is 5.99. The number of rotatable bonds is 7. The fraction of sp³-hybridized carbons (Fsp3) is 0.917. The average molecular weight is 242 g/mol. The smallest absolute Gasteiger partial charge is 0.104 e. The van der Waals surface area contributed by atoms with Crippen molar-refractivity contribution in [1.82, 2.24) is 5.32 Å². The van der Waals surface area contributed by atoms with Crippen LogP contribution in [0.25, 0.3) is 0 Å². The molecule has 2 atom stereocenters. The normalized spacial score (nSPS) is 21.9. The lowest BCUT2D eigenvalue weighted by atomic mass is 9.98. The van der Waals surface area contributed by atoms with E-state index in [9.17, 15) is 5.26 Å². The van der Waals surface area contributed by atoms with E-state index in [2.05, 4.69) is 25.2 Å². The predicted octanol–water partition coefficient (Wildman–Crippen LogP) is 2.18. The Kier molecular flexibility index (Phi) is 5.60. The molecule has 1 aliphatic heterocycles. The summed E-state index contributed by atoms with van der Waals surface area (Å²) in [6, 6.07) is 2.40. The highest BCUT2D eigenvalue weighted by atomic mass is 32.2. The van der Waals surface area contributed by atoms with Crippen molar-refractivity contribution < 1.29 is 4.74 Å². The van der Waals surface area contributed by atoms with Crippen LogP contribution in [0.4, 0.5) is 0 Å². The van der Waals surface area contributed by atoms with E-state index in [4.69, 9.17) is 4.74 Å². The van der Waals surface area contributed by atoms with Crippen molar-refractivity contribution in [1.29, 1.82) is 5.26 Å². The quantitative estimate of drug-likeness (QED) is 0.743. The first-order chi connectivity index (χ1) is 7.59. The van der Waals surface area contributed by atoms with E-state index >= 15 is 0 Å². The Morgan fingerprint density at radius 3 is 2.75 bits per heavy atom. The molecule has 1 heterocycles. The van der Waals surface area contributed by atoms with Gasteiger partial charge in [-0.1, -0.05) is 13.8 Å². The maximum absolute atomic E-state index is 9.22. The Labute approximate surface area is 103 Å². The number of thioether (sulfide) groups is 1. The molecule has 1 saturated heterocycles. The van der Waals surface area contributed by atoms with Crippen LogP contribution in [0.15, 0.2) is 0 Å². The van der Waals surface area contributed by atoms with Gasteiger partial charge in [0.15, 0.2) is 0 Å². The predicted molar refractivity (Wildman–Crippen MR) is 68.6 cm³/mol. The molecule has 0 aliphatic carbocycles. The van der Waals surface area contributed by atoms with Crippen molar-refractivity contribution in [3.8, 4) is 6.07 Å². The molecule has 92 valence electrons. The Morgan fingerprint density at radius 1 is 1.62 bits per heavy atom. The number of hydrogen-bond donors (Lipinski definition) is 1. The highest BCUT2D eigenvalue weighted by Crippen LogP contribution is 2.28. The largest absolute Gasteiger partial charge is 0.379 e. The molecule has 1 N–H and O–H groups in total. The van der Waals surface area contributed by atoms with Crippen LogP contribution < -0.4 is 5.32 Å². The number of nitrogens with zero attached hydrogens (tertiary/aromatic N) is 1. The maximum Gasteiger partial charge on any atom is 0.104 e. The van der Waals surface area contributed by atoms with Crippen LogP contribution in [0.5, 0.6) is 0 Å². The minimum atomic E-state index is -0.382. The van der Waals surface area contributed by atoms with E-state index in [-0.39, 0.29) is 5.54 Å². The van der Waals surface area contributed by atoms with Gasteiger partial charge in [0, 0.05) is 5.25 Å². The average Bonchev–Trinajstić information content (AvgIpc) is 2.21. The number of nitriles is 1. The van der Waals surface area contributed by atoms with Crippen molar-refractivity contribution >= 4 is 11.8 Å². The molecule has 0 bridgehead atoms. The highest BCUT2D eigenvalue weighted by Gasteiger charge is 2.28. The lowest BCUT2D eigenvalue weighted by Gasteiger charge is -2.31. The lowest BCUT2D eigenvalue weighted by Crippen LogP contribution is -2.44. The summed E-state index contributed by atoms with van der Waals surface area (Å²) in [7, 11) is 0. The molecule has 0 aromatic carbocycles.